The molecule has 2 aromatic rings. The van der Waals surface area contributed by atoms with Crippen molar-refractivity contribution in [2.75, 3.05) is 23.7 Å². The van der Waals surface area contributed by atoms with E-state index in [0.717, 1.165) is 17.0 Å². The van der Waals surface area contributed by atoms with Crippen LogP contribution in [0.1, 0.15) is 38.7 Å². The number of anilines is 1. The number of hydrogen-bond acceptors (Lipinski definition) is 4. The summed E-state index contributed by atoms with van der Waals surface area (Å²) >= 11 is 18.6. The Labute approximate surface area is 222 Å². The summed E-state index contributed by atoms with van der Waals surface area (Å²) in [5.41, 5.74) is 0.954. The molecule has 0 saturated heterocycles. The van der Waals surface area contributed by atoms with E-state index < -0.39 is 16.1 Å². The van der Waals surface area contributed by atoms with Gasteiger partial charge in [0.05, 0.1) is 17.0 Å². The van der Waals surface area contributed by atoms with Crippen molar-refractivity contribution in [3.8, 4) is 0 Å². The first-order valence-electron chi connectivity index (χ1n) is 11.2. The Hall–Kier alpha value is -2.00. The minimum absolute atomic E-state index is 0.0139. The van der Waals surface area contributed by atoms with Crippen LogP contribution in [0.25, 0.3) is 0 Å². The lowest BCUT2D eigenvalue weighted by Crippen LogP contribution is -2.48. The molecule has 0 fully saturated rings. The van der Waals surface area contributed by atoms with Crippen molar-refractivity contribution in [3.05, 3.63) is 63.1 Å². The molecule has 0 unspecified atom stereocenters. The first-order chi connectivity index (χ1) is 16.5. The molecular formula is C24H30Cl3N3O4S. The summed E-state index contributed by atoms with van der Waals surface area (Å²) < 4.78 is 26.0. The Morgan fingerprint density at radius 2 is 1.74 bits per heavy atom. The maximum atomic E-state index is 13.3. The molecule has 2 rings (SSSR count). The van der Waals surface area contributed by atoms with Crippen molar-refractivity contribution in [2.24, 2.45) is 0 Å². The van der Waals surface area contributed by atoms with Crippen LogP contribution in [0.5, 0.6) is 0 Å². The molecule has 1 atom stereocenters. The summed E-state index contributed by atoms with van der Waals surface area (Å²) in [5, 5.41) is 3.87. The monoisotopic (exact) mass is 561 g/mol. The first-order valence-corrected chi connectivity index (χ1v) is 14.2. The number of nitrogens with one attached hydrogen (secondary N) is 1. The SMILES string of the molecule is CCCNC(=O)[C@@H](C)N(Cc1ccccc1Cl)C(=O)CCCN(c1cc(Cl)ccc1Cl)S(C)(=O)=O. The third kappa shape index (κ3) is 8.56. The van der Waals surface area contributed by atoms with Gasteiger partial charge in [-0.25, -0.2) is 8.42 Å². The van der Waals surface area contributed by atoms with Gasteiger partial charge in [-0.1, -0.05) is 59.9 Å². The van der Waals surface area contributed by atoms with E-state index in [1.807, 2.05) is 13.0 Å². The lowest BCUT2D eigenvalue weighted by Gasteiger charge is -2.30. The Bertz CT molecular complexity index is 1140. The largest absolute Gasteiger partial charge is 0.354 e. The van der Waals surface area contributed by atoms with Crippen LogP contribution in [-0.4, -0.2) is 50.5 Å². The first kappa shape index (κ1) is 29.2. The zero-order chi connectivity index (χ0) is 26.2. The fraction of sp³-hybridized carbons (Fsp3) is 0.417. The highest BCUT2D eigenvalue weighted by atomic mass is 35.5. The van der Waals surface area contributed by atoms with E-state index in [9.17, 15) is 18.0 Å². The second-order valence-electron chi connectivity index (χ2n) is 8.11. The van der Waals surface area contributed by atoms with Gasteiger partial charge >= 0.3 is 0 Å². The average Bonchev–Trinajstić information content (AvgIpc) is 2.80. The molecule has 0 spiro atoms. The van der Waals surface area contributed by atoms with Gasteiger partial charge in [0.2, 0.25) is 21.8 Å². The fourth-order valence-corrected chi connectivity index (χ4v) is 5.05. The molecular weight excluding hydrogens is 533 g/mol. The molecule has 7 nitrogen and oxygen atoms in total. The molecule has 0 saturated carbocycles. The highest BCUT2D eigenvalue weighted by Gasteiger charge is 2.27. The molecule has 0 aromatic heterocycles. The molecule has 0 bridgehead atoms. The van der Waals surface area contributed by atoms with Crippen LogP contribution in [0, 0.1) is 0 Å². The summed E-state index contributed by atoms with van der Waals surface area (Å²) in [6.07, 6.45) is 2.05. The van der Waals surface area contributed by atoms with E-state index in [0.29, 0.717) is 22.2 Å². The molecule has 0 heterocycles. The second kappa shape index (κ2) is 13.3. The minimum atomic E-state index is -3.69. The standard InChI is InChI=1S/C24H30Cl3N3O4S/c1-4-13-28-24(32)17(2)29(16-18-8-5-6-9-20(18)26)23(31)10-7-14-30(35(3,33)34)22-15-19(25)11-12-21(22)27/h5-6,8-9,11-12,15,17H,4,7,10,13-14,16H2,1-3H3,(H,28,32)/t17-/m1/s1. The van der Waals surface area contributed by atoms with Crippen molar-refractivity contribution in [1.29, 1.82) is 0 Å². The summed E-state index contributed by atoms with van der Waals surface area (Å²) in [5.74, 6) is -0.564. The van der Waals surface area contributed by atoms with Gasteiger partial charge in [-0.15, -0.1) is 0 Å². The topological polar surface area (TPSA) is 86.8 Å². The van der Waals surface area contributed by atoms with Crippen LogP contribution in [0.2, 0.25) is 15.1 Å². The molecule has 0 aliphatic heterocycles. The Kier molecular flexibility index (Phi) is 11.1. The lowest BCUT2D eigenvalue weighted by atomic mass is 10.1. The van der Waals surface area contributed by atoms with E-state index in [4.69, 9.17) is 34.8 Å². The van der Waals surface area contributed by atoms with Gasteiger partial charge in [-0.05, 0) is 49.6 Å². The van der Waals surface area contributed by atoms with Crippen molar-refractivity contribution in [1.82, 2.24) is 10.2 Å². The minimum Gasteiger partial charge on any atom is -0.354 e. The van der Waals surface area contributed by atoms with E-state index in [-0.39, 0.29) is 48.5 Å². The smallest absolute Gasteiger partial charge is 0.242 e. The van der Waals surface area contributed by atoms with E-state index in [1.165, 1.54) is 17.0 Å². The van der Waals surface area contributed by atoms with Crippen molar-refractivity contribution in [3.63, 3.8) is 0 Å². The number of amides is 2. The van der Waals surface area contributed by atoms with Crippen LogP contribution >= 0.6 is 34.8 Å². The fourth-order valence-electron chi connectivity index (χ4n) is 3.45. The molecule has 0 aliphatic carbocycles. The normalized spacial score (nSPS) is 12.2. The van der Waals surface area contributed by atoms with E-state index >= 15 is 0 Å². The molecule has 1 N–H and O–H groups in total. The van der Waals surface area contributed by atoms with E-state index in [2.05, 4.69) is 5.32 Å². The zero-order valence-electron chi connectivity index (χ0n) is 19.9. The van der Waals surface area contributed by atoms with Gasteiger partial charge in [-0.2, -0.15) is 0 Å². The molecule has 0 aliphatic rings. The van der Waals surface area contributed by atoms with Crippen LogP contribution in [0.15, 0.2) is 42.5 Å². The maximum absolute atomic E-state index is 13.3. The highest BCUT2D eigenvalue weighted by Crippen LogP contribution is 2.31. The number of nitrogens with zero attached hydrogens (tertiary/aromatic N) is 2. The molecule has 2 aromatic carbocycles. The Morgan fingerprint density at radius 3 is 2.37 bits per heavy atom. The van der Waals surface area contributed by atoms with E-state index in [1.54, 1.807) is 31.2 Å². The highest BCUT2D eigenvalue weighted by molar-refractivity contribution is 7.92. The van der Waals surface area contributed by atoms with Crippen molar-refractivity contribution in [2.45, 2.75) is 45.7 Å². The van der Waals surface area contributed by atoms with Gasteiger partial charge in [-0.3, -0.25) is 13.9 Å². The van der Waals surface area contributed by atoms with Crippen LogP contribution in [0.3, 0.4) is 0 Å². The maximum Gasteiger partial charge on any atom is 0.242 e. The summed E-state index contributed by atoms with van der Waals surface area (Å²) in [6, 6.07) is 10.9. The zero-order valence-corrected chi connectivity index (χ0v) is 23.0. The van der Waals surface area contributed by atoms with Gasteiger partial charge < -0.3 is 10.2 Å². The van der Waals surface area contributed by atoms with Crippen LogP contribution in [-0.2, 0) is 26.2 Å². The number of benzene rings is 2. The van der Waals surface area contributed by atoms with Gasteiger partial charge in [0.25, 0.3) is 0 Å². The third-order valence-electron chi connectivity index (χ3n) is 5.34. The Balaban J connectivity index is 2.20. The van der Waals surface area contributed by atoms with Gasteiger partial charge in [0, 0.05) is 36.1 Å². The number of sulfonamides is 1. The summed E-state index contributed by atoms with van der Waals surface area (Å²) in [7, 11) is -3.69. The van der Waals surface area contributed by atoms with Crippen molar-refractivity contribution >= 4 is 62.3 Å². The number of carbonyl (C=O) groups excluding carboxylic acids is 2. The average molecular weight is 563 g/mol. The number of halogens is 3. The predicted molar refractivity (Wildman–Crippen MR) is 143 cm³/mol. The second-order valence-corrected chi connectivity index (χ2v) is 11.3. The molecule has 0 radical (unpaired) electrons. The predicted octanol–water partition coefficient (Wildman–Crippen LogP) is 5.14. The summed E-state index contributed by atoms with van der Waals surface area (Å²) in [4.78, 5) is 27.4. The Morgan fingerprint density at radius 1 is 1.06 bits per heavy atom. The van der Waals surface area contributed by atoms with Gasteiger partial charge in [0.1, 0.15) is 6.04 Å². The molecule has 192 valence electrons. The molecule has 35 heavy (non-hydrogen) atoms. The summed E-state index contributed by atoms with van der Waals surface area (Å²) in [6.45, 7) is 4.27. The lowest BCUT2D eigenvalue weighted by molar-refractivity contribution is -0.140. The third-order valence-corrected chi connectivity index (χ3v) is 7.45. The quantitative estimate of drug-likeness (QED) is 0.388. The van der Waals surface area contributed by atoms with Gasteiger partial charge in [0.15, 0.2) is 0 Å². The molecule has 2 amide bonds. The molecule has 11 heteroatoms. The number of rotatable bonds is 12. The number of carbonyl (C=O) groups is 2. The van der Waals surface area contributed by atoms with Crippen molar-refractivity contribution < 1.29 is 18.0 Å². The number of hydrogen-bond donors (Lipinski definition) is 1. The van der Waals surface area contributed by atoms with Crippen LogP contribution < -0.4 is 9.62 Å². The van der Waals surface area contributed by atoms with Crippen LogP contribution in [0.4, 0.5) is 5.69 Å².